The topological polar surface area (TPSA) is 251 Å². The lowest BCUT2D eigenvalue weighted by Gasteiger charge is -2.50. The number of phenols is 2. The first-order chi connectivity index (χ1) is 27.6. The number of phenolic OH excluding ortho intramolecular Hbond substituents is 2. The molecule has 3 aliphatic rings. The molecule has 3 aliphatic heterocycles. The van der Waals surface area contributed by atoms with Gasteiger partial charge in [0.15, 0.2) is 18.5 Å². The van der Waals surface area contributed by atoms with Crippen molar-refractivity contribution < 1.29 is 78.9 Å². The van der Waals surface area contributed by atoms with E-state index in [2.05, 4.69) is 26.0 Å². The number of unbranched alkanes of at least 4 members (excludes halogenated alkanes) is 1. The smallest absolute Gasteiger partial charge is 0.334 e. The minimum absolute atomic E-state index is 0.0455. The van der Waals surface area contributed by atoms with Crippen LogP contribution in [0.3, 0.4) is 0 Å². The third-order valence-electron chi connectivity index (χ3n) is 10.9. The van der Waals surface area contributed by atoms with Gasteiger partial charge in [0.05, 0.1) is 24.9 Å². The minimum Gasteiger partial charge on any atom is -0.508 e. The van der Waals surface area contributed by atoms with E-state index in [4.69, 9.17) is 28.4 Å². The highest BCUT2D eigenvalue weighted by molar-refractivity contribution is 5.88. The Morgan fingerprint density at radius 3 is 2.45 bits per heavy atom. The van der Waals surface area contributed by atoms with E-state index in [-0.39, 0.29) is 41.4 Å². The van der Waals surface area contributed by atoms with Crippen molar-refractivity contribution in [3.8, 4) is 11.5 Å². The Kier molecular flexibility index (Phi) is 17.7. The van der Waals surface area contributed by atoms with Crippen molar-refractivity contribution in [2.45, 2.75) is 153 Å². The molecule has 58 heavy (non-hydrogen) atoms. The fourth-order valence-corrected chi connectivity index (χ4v) is 7.11. The number of hydrogen-bond acceptors (Lipinski definition) is 16. The maximum absolute atomic E-state index is 13.7. The van der Waals surface area contributed by atoms with Crippen molar-refractivity contribution in [1.82, 2.24) is 0 Å². The van der Waals surface area contributed by atoms with Gasteiger partial charge >= 0.3 is 11.9 Å². The van der Waals surface area contributed by atoms with Crippen LogP contribution in [0.5, 0.6) is 11.5 Å². The molecule has 13 atom stereocenters. The molecule has 16 heteroatoms. The molecule has 3 heterocycles. The first kappa shape index (κ1) is 47.3. The van der Waals surface area contributed by atoms with Crippen LogP contribution < -0.4 is 0 Å². The zero-order valence-corrected chi connectivity index (χ0v) is 33.9. The van der Waals surface area contributed by atoms with Crippen molar-refractivity contribution in [3.63, 3.8) is 0 Å². The maximum atomic E-state index is 13.7. The monoisotopic (exact) mass is 822 g/mol. The van der Waals surface area contributed by atoms with Gasteiger partial charge in [-0.05, 0) is 62.5 Å². The largest absolute Gasteiger partial charge is 0.508 e. The van der Waals surface area contributed by atoms with Gasteiger partial charge in [-0.2, -0.15) is 0 Å². The fourth-order valence-electron chi connectivity index (χ4n) is 7.11. The van der Waals surface area contributed by atoms with Crippen molar-refractivity contribution in [2.24, 2.45) is 11.8 Å². The summed E-state index contributed by atoms with van der Waals surface area (Å²) < 4.78 is 34.8. The second kappa shape index (κ2) is 21.7. The summed E-state index contributed by atoms with van der Waals surface area (Å²) in [5, 5.41) is 86.5. The van der Waals surface area contributed by atoms with Crippen molar-refractivity contribution in [3.05, 3.63) is 59.2 Å². The van der Waals surface area contributed by atoms with Crippen molar-refractivity contribution >= 4 is 11.9 Å². The lowest BCUT2D eigenvalue weighted by Crippen LogP contribution is -2.67. The highest BCUT2D eigenvalue weighted by Crippen LogP contribution is 2.51. The average Bonchev–Trinajstić information content (AvgIpc) is 3.56. The van der Waals surface area contributed by atoms with Crippen LogP contribution in [0.25, 0.3) is 0 Å². The minimum atomic E-state index is -2.25. The van der Waals surface area contributed by atoms with Crippen LogP contribution in [0.15, 0.2) is 48.1 Å². The van der Waals surface area contributed by atoms with Gasteiger partial charge < -0.3 is 69.3 Å². The molecular formula is C42H62O16. The third kappa shape index (κ3) is 11.4. The summed E-state index contributed by atoms with van der Waals surface area (Å²) >= 11 is 0. The zero-order valence-electron chi connectivity index (χ0n) is 33.9. The zero-order chi connectivity index (χ0) is 42.7. The molecule has 2 fully saturated rings. The second-order valence-electron chi connectivity index (χ2n) is 15.5. The van der Waals surface area contributed by atoms with Crippen LogP contribution in [-0.4, -0.2) is 127 Å². The first-order valence-corrected chi connectivity index (χ1v) is 20.1. The summed E-state index contributed by atoms with van der Waals surface area (Å²) in [6.45, 7) is 7.87. The average molecular weight is 823 g/mol. The molecule has 16 nitrogen and oxygen atoms in total. The fraction of sp³-hybridized carbons (Fsp3) is 0.667. The van der Waals surface area contributed by atoms with Crippen LogP contribution in [0.1, 0.15) is 90.7 Å². The summed E-state index contributed by atoms with van der Waals surface area (Å²) in [7, 11) is 0. The molecule has 0 radical (unpaired) electrons. The highest BCUT2D eigenvalue weighted by atomic mass is 16.8. The van der Waals surface area contributed by atoms with Gasteiger partial charge in [-0.25, -0.2) is 4.79 Å². The van der Waals surface area contributed by atoms with Gasteiger partial charge in [0.25, 0.3) is 0 Å². The van der Waals surface area contributed by atoms with Crippen LogP contribution in [0, 0.1) is 11.8 Å². The van der Waals surface area contributed by atoms with Gasteiger partial charge in [-0.15, -0.1) is 0 Å². The summed E-state index contributed by atoms with van der Waals surface area (Å²) in [4.78, 5) is 25.7. The number of fused-ring (bicyclic) bond motifs is 2. The Morgan fingerprint density at radius 1 is 1.02 bits per heavy atom. The Bertz CT molecular complexity index is 1590. The van der Waals surface area contributed by atoms with E-state index in [0.29, 0.717) is 18.8 Å². The van der Waals surface area contributed by atoms with Gasteiger partial charge in [-0.3, -0.25) is 4.79 Å². The predicted molar refractivity (Wildman–Crippen MR) is 207 cm³/mol. The molecule has 13 unspecified atom stereocenters. The van der Waals surface area contributed by atoms with Gasteiger partial charge in [0, 0.05) is 18.1 Å². The van der Waals surface area contributed by atoms with Crippen LogP contribution in [0.4, 0.5) is 0 Å². The number of aliphatic hydroxyl groups excluding tert-OH is 6. The first-order valence-electron chi connectivity index (χ1n) is 20.1. The van der Waals surface area contributed by atoms with E-state index in [1.54, 1.807) is 19.1 Å². The lowest BCUT2D eigenvalue weighted by molar-refractivity contribution is -0.395. The SMILES string of the molecule is CCCC(=O)OCC1OC(OC2C(CO)OC3(OCc4cc(O)cc(O)c43)C(O)C2OC(=O)/C(C)=C/C=C/CC(O)C(C)CCC/C=C/C(C)CC)C(O)C(O)C1O. The van der Waals surface area contributed by atoms with E-state index in [1.165, 1.54) is 19.1 Å². The highest BCUT2D eigenvalue weighted by Gasteiger charge is 2.63. The lowest BCUT2D eigenvalue weighted by atomic mass is 9.86. The van der Waals surface area contributed by atoms with E-state index >= 15 is 0 Å². The summed E-state index contributed by atoms with van der Waals surface area (Å²) in [6, 6.07) is 2.28. The molecule has 1 spiro atoms. The molecule has 0 aromatic heterocycles. The number of allylic oxidation sites excluding steroid dienone is 4. The number of hydrogen-bond donors (Lipinski definition) is 8. The summed E-state index contributed by atoms with van der Waals surface area (Å²) in [5.41, 5.74) is 0.195. The van der Waals surface area contributed by atoms with Gasteiger partial charge in [-0.1, -0.05) is 64.5 Å². The molecule has 1 aromatic rings. The van der Waals surface area contributed by atoms with Crippen molar-refractivity contribution in [1.29, 1.82) is 0 Å². The number of carbonyl (C=O) groups excluding carboxylic acids is 2. The molecule has 2 saturated heterocycles. The number of carbonyl (C=O) groups is 2. The molecule has 326 valence electrons. The summed E-state index contributed by atoms with van der Waals surface area (Å²) in [6.07, 6.45) is -2.40. The number of benzene rings is 1. The second-order valence-corrected chi connectivity index (χ2v) is 15.5. The molecule has 0 saturated carbocycles. The Balaban J connectivity index is 1.54. The molecular weight excluding hydrogens is 760 g/mol. The third-order valence-corrected chi connectivity index (χ3v) is 10.9. The standard InChI is InChI=1S/C42H62O16/c1-6-13-32(47)53-22-31-34(48)35(49)36(50)41(55-31)57-37-30(20-43)58-42(33-26(21-54-42)18-27(44)19-29(33)46)39(51)38(37)56-40(52)25(5)16-11-12-17-28(45)24(4)15-10-8-9-14-23(3)7-2/h9,11-12,14,16,18-19,23-24,28,30-31,34-39,41,43-46,48-51H,6-8,10,13,15,17,20-22H2,1-5H3/b12-11+,14-9+,25-16+. The van der Waals surface area contributed by atoms with Crippen molar-refractivity contribution in [2.75, 3.05) is 13.2 Å². The number of esters is 2. The number of rotatable bonds is 19. The number of ether oxygens (including phenoxy) is 6. The quantitative estimate of drug-likeness (QED) is 0.0328. The number of aliphatic hydroxyl groups is 6. The van der Waals surface area contributed by atoms with E-state index in [1.807, 2.05) is 6.92 Å². The van der Waals surface area contributed by atoms with Crippen LogP contribution in [-0.2, 0) is 50.4 Å². The van der Waals surface area contributed by atoms with Crippen LogP contribution in [0.2, 0.25) is 0 Å². The molecule has 0 bridgehead atoms. The molecule has 0 aliphatic carbocycles. The Labute approximate surface area is 339 Å². The molecule has 8 N–H and O–H groups in total. The number of aromatic hydroxyl groups is 2. The van der Waals surface area contributed by atoms with E-state index in [0.717, 1.165) is 31.7 Å². The van der Waals surface area contributed by atoms with Gasteiger partial charge in [0.1, 0.15) is 54.7 Å². The van der Waals surface area contributed by atoms with Gasteiger partial charge in [0.2, 0.25) is 5.79 Å². The van der Waals surface area contributed by atoms with E-state index in [9.17, 15) is 50.4 Å². The Morgan fingerprint density at radius 2 is 1.76 bits per heavy atom. The normalized spacial score (nSPS) is 31.7. The predicted octanol–water partition coefficient (Wildman–Crippen LogP) is 2.64. The van der Waals surface area contributed by atoms with Crippen LogP contribution >= 0.6 is 0 Å². The molecule has 1 aromatic carbocycles. The molecule has 0 amide bonds. The Hall–Kier alpha value is -3.42. The molecule has 4 rings (SSSR count). The summed E-state index contributed by atoms with van der Waals surface area (Å²) in [5.74, 6) is -4.04. The maximum Gasteiger partial charge on any atom is 0.334 e. The van der Waals surface area contributed by atoms with E-state index < -0.39 is 97.9 Å².